The van der Waals surface area contributed by atoms with Crippen LogP contribution in [0.3, 0.4) is 0 Å². The minimum Gasteiger partial charge on any atom is -0.253 e. The molecule has 0 radical (unpaired) electrons. The van der Waals surface area contributed by atoms with Gasteiger partial charge in [0.2, 0.25) is 0 Å². The summed E-state index contributed by atoms with van der Waals surface area (Å²) in [6, 6.07) is 9.64. The Kier molecular flexibility index (Phi) is 4.62. The molecule has 0 spiro atoms. The zero-order chi connectivity index (χ0) is 13.7. The van der Waals surface area contributed by atoms with Gasteiger partial charge in [-0.25, -0.2) is 0 Å². The Balaban J connectivity index is 3.41. The molecular weight excluding hydrogens is 220 g/mol. The highest BCUT2D eigenvalue weighted by Gasteiger charge is 2.08. The lowest BCUT2D eigenvalue weighted by Crippen LogP contribution is -2.05. The summed E-state index contributed by atoms with van der Waals surface area (Å²) in [5.41, 5.74) is 5.57. The molecular formula is C16H18N2. The van der Waals surface area contributed by atoms with Gasteiger partial charge >= 0.3 is 0 Å². The fraction of sp³-hybridized carbons (Fsp3) is 0.250. The van der Waals surface area contributed by atoms with Gasteiger partial charge in [-0.2, -0.15) is 5.26 Å². The van der Waals surface area contributed by atoms with E-state index >= 15 is 0 Å². The van der Waals surface area contributed by atoms with Crippen LogP contribution in [0.5, 0.6) is 0 Å². The molecule has 0 aromatic heterocycles. The Hall–Kier alpha value is -2.14. The molecule has 0 bridgehead atoms. The minimum absolute atomic E-state index is 0.642. The first kappa shape index (κ1) is 13.9. The predicted octanol–water partition coefficient (Wildman–Crippen LogP) is 4.24. The molecule has 0 aliphatic rings. The predicted molar refractivity (Wildman–Crippen MR) is 76.6 cm³/mol. The second-order valence-electron chi connectivity index (χ2n) is 4.51. The lowest BCUT2D eigenvalue weighted by atomic mass is 9.98. The van der Waals surface area contributed by atoms with E-state index in [-0.39, 0.29) is 0 Å². The molecule has 1 rings (SSSR count). The van der Waals surface area contributed by atoms with Crippen LogP contribution in [0.1, 0.15) is 38.8 Å². The number of allylic oxidation sites excluding steroid dienone is 3. The van der Waals surface area contributed by atoms with E-state index in [0.717, 1.165) is 22.5 Å². The summed E-state index contributed by atoms with van der Waals surface area (Å²) >= 11 is 0. The Labute approximate surface area is 109 Å². The number of nitriles is 1. The van der Waals surface area contributed by atoms with E-state index in [2.05, 4.69) is 31.5 Å². The second-order valence-corrected chi connectivity index (χ2v) is 4.51. The summed E-state index contributed by atoms with van der Waals surface area (Å²) < 4.78 is 0. The number of hydrogen-bond acceptors (Lipinski definition) is 2. The lowest BCUT2D eigenvalue weighted by Gasteiger charge is -2.10. The summed E-state index contributed by atoms with van der Waals surface area (Å²) in [6.07, 6.45) is 0. The minimum atomic E-state index is 0.642. The molecule has 0 saturated heterocycles. The normalized spacial score (nSPS) is 10.7. The number of benzene rings is 1. The molecule has 0 saturated carbocycles. The van der Waals surface area contributed by atoms with Crippen LogP contribution < -0.4 is 0 Å². The highest BCUT2D eigenvalue weighted by atomic mass is 14.7. The maximum absolute atomic E-state index is 8.95. The van der Waals surface area contributed by atoms with Gasteiger partial charge in [-0.15, -0.1) is 0 Å². The van der Waals surface area contributed by atoms with Crippen molar-refractivity contribution in [3.8, 4) is 6.07 Å². The van der Waals surface area contributed by atoms with Crippen LogP contribution in [0.15, 0.2) is 52.7 Å². The molecule has 0 N–H and O–H groups in total. The van der Waals surface area contributed by atoms with Crippen molar-refractivity contribution in [1.82, 2.24) is 0 Å². The molecule has 18 heavy (non-hydrogen) atoms. The molecule has 0 aliphatic heterocycles. The molecule has 0 aliphatic carbocycles. The fourth-order valence-electron chi connectivity index (χ4n) is 1.53. The van der Waals surface area contributed by atoms with Crippen molar-refractivity contribution in [2.24, 2.45) is 4.99 Å². The second kappa shape index (κ2) is 5.97. The standard InChI is InChI=1S/C16H18N2/c1-11(2)13(5)16(18-12(3)4)15-8-6-7-14(9-15)10-17/h6-9H,3H2,1-2,4-5H3. The van der Waals surface area contributed by atoms with E-state index < -0.39 is 0 Å². The highest BCUT2D eigenvalue weighted by molar-refractivity contribution is 6.13. The van der Waals surface area contributed by atoms with Gasteiger partial charge in [-0.3, -0.25) is 4.99 Å². The molecule has 92 valence electrons. The van der Waals surface area contributed by atoms with Gasteiger partial charge in [0.05, 0.1) is 17.3 Å². The van der Waals surface area contributed by atoms with Gasteiger partial charge in [0, 0.05) is 11.3 Å². The quantitative estimate of drug-likeness (QED) is 0.725. The monoisotopic (exact) mass is 238 g/mol. The van der Waals surface area contributed by atoms with Crippen molar-refractivity contribution < 1.29 is 0 Å². The molecule has 2 heteroatoms. The number of aliphatic imine (C=N–C) groups is 1. The van der Waals surface area contributed by atoms with Gasteiger partial charge in [0.15, 0.2) is 0 Å². The van der Waals surface area contributed by atoms with Crippen molar-refractivity contribution in [1.29, 1.82) is 5.26 Å². The average molecular weight is 238 g/mol. The summed E-state index contributed by atoms with van der Waals surface area (Å²) in [4.78, 5) is 4.50. The van der Waals surface area contributed by atoms with E-state index in [4.69, 9.17) is 5.26 Å². The molecule has 0 atom stereocenters. The van der Waals surface area contributed by atoms with E-state index in [1.807, 2.05) is 32.0 Å². The summed E-state index contributed by atoms with van der Waals surface area (Å²) in [5, 5.41) is 8.95. The van der Waals surface area contributed by atoms with Crippen LogP contribution in [-0.4, -0.2) is 5.71 Å². The first-order valence-electron chi connectivity index (χ1n) is 5.85. The van der Waals surface area contributed by atoms with Crippen LogP contribution >= 0.6 is 0 Å². The third kappa shape index (κ3) is 3.43. The molecule has 0 fully saturated rings. The Morgan fingerprint density at radius 1 is 1.22 bits per heavy atom. The molecule has 1 aromatic rings. The molecule has 0 heterocycles. The van der Waals surface area contributed by atoms with Gasteiger partial charge in [0.1, 0.15) is 0 Å². The third-order valence-electron chi connectivity index (χ3n) is 2.67. The molecule has 0 unspecified atom stereocenters. The first-order valence-corrected chi connectivity index (χ1v) is 5.85. The zero-order valence-electron chi connectivity index (χ0n) is 11.4. The maximum Gasteiger partial charge on any atom is 0.0991 e. The highest BCUT2D eigenvalue weighted by Crippen LogP contribution is 2.16. The van der Waals surface area contributed by atoms with E-state index in [9.17, 15) is 0 Å². The van der Waals surface area contributed by atoms with Crippen molar-refractivity contribution in [3.63, 3.8) is 0 Å². The van der Waals surface area contributed by atoms with Crippen molar-refractivity contribution in [3.05, 3.63) is 58.8 Å². The molecule has 2 nitrogen and oxygen atoms in total. The molecule has 0 amide bonds. The van der Waals surface area contributed by atoms with E-state index in [1.54, 1.807) is 6.07 Å². The smallest absolute Gasteiger partial charge is 0.0991 e. The van der Waals surface area contributed by atoms with Gasteiger partial charge in [0.25, 0.3) is 0 Å². The zero-order valence-corrected chi connectivity index (χ0v) is 11.4. The average Bonchev–Trinajstić information content (AvgIpc) is 2.34. The van der Waals surface area contributed by atoms with Gasteiger partial charge in [-0.1, -0.05) is 24.3 Å². The van der Waals surface area contributed by atoms with Gasteiger partial charge in [-0.05, 0) is 45.4 Å². The van der Waals surface area contributed by atoms with Crippen LogP contribution in [-0.2, 0) is 0 Å². The van der Waals surface area contributed by atoms with Crippen LogP contribution in [0.25, 0.3) is 0 Å². The fourth-order valence-corrected chi connectivity index (χ4v) is 1.53. The lowest BCUT2D eigenvalue weighted by molar-refractivity contribution is 1.27. The number of hydrogen-bond donors (Lipinski definition) is 0. The number of rotatable bonds is 3. The Morgan fingerprint density at radius 3 is 2.39 bits per heavy atom. The van der Waals surface area contributed by atoms with Crippen LogP contribution in [0.4, 0.5) is 0 Å². The number of nitrogens with zero attached hydrogens (tertiary/aromatic N) is 2. The van der Waals surface area contributed by atoms with Crippen molar-refractivity contribution in [2.75, 3.05) is 0 Å². The maximum atomic E-state index is 8.95. The van der Waals surface area contributed by atoms with Crippen molar-refractivity contribution in [2.45, 2.75) is 27.7 Å². The first-order chi connectivity index (χ1) is 8.45. The Morgan fingerprint density at radius 2 is 1.89 bits per heavy atom. The van der Waals surface area contributed by atoms with Crippen LogP contribution in [0.2, 0.25) is 0 Å². The van der Waals surface area contributed by atoms with E-state index in [1.165, 1.54) is 5.57 Å². The van der Waals surface area contributed by atoms with Crippen LogP contribution in [0, 0.1) is 11.3 Å². The third-order valence-corrected chi connectivity index (χ3v) is 2.67. The largest absolute Gasteiger partial charge is 0.253 e. The summed E-state index contributed by atoms with van der Waals surface area (Å²) in [6.45, 7) is 11.8. The van der Waals surface area contributed by atoms with Crippen molar-refractivity contribution >= 4 is 5.71 Å². The SMILES string of the molecule is C=C(C)N=C(C(C)=C(C)C)c1cccc(C#N)c1. The van der Waals surface area contributed by atoms with E-state index in [0.29, 0.717) is 5.56 Å². The summed E-state index contributed by atoms with van der Waals surface area (Å²) in [5.74, 6) is 0. The topological polar surface area (TPSA) is 36.1 Å². The summed E-state index contributed by atoms with van der Waals surface area (Å²) in [7, 11) is 0. The van der Waals surface area contributed by atoms with Gasteiger partial charge < -0.3 is 0 Å². The molecule has 1 aromatic carbocycles. The Bertz CT molecular complexity index is 565.